The van der Waals surface area contributed by atoms with Crippen molar-refractivity contribution in [2.24, 2.45) is 5.92 Å². The minimum atomic E-state index is -1.71. The van der Waals surface area contributed by atoms with Gasteiger partial charge < -0.3 is 10.4 Å². The fourth-order valence-corrected chi connectivity index (χ4v) is 2.82. The van der Waals surface area contributed by atoms with E-state index in [4.69, 9.17) is 7.85 Å². The first-order valence-corrected chi connectivity index (χ1v) is 8.49. The molecule has 2 unspecified atom stereocenters. The molecule has 0 aliphatic rings. The number of nitrogens with one attached hydrogen (secondary N) is 1. The highest BCUT2D eigenvalue weighted by molar-refractivity contribution is 6.29. The lowest BCUT2D eigenvalue weighted by atomic mass is 9.67. The maximum absolute atomic E-state index is 13.1. The number of hydrogen-bond donors (Lipinski definition) is 2. The second-order valence-corrected chi connectivity index (χ2v) is 6.37. The Morgan fingerprint density at radius 1 is 1.19 bits per heavy atom. The molecule has 26 heavy (non-hydrogen) atoms. The highest BCUT2D eigenvalue weighted by atomic mass is 19.1. The Kier molecular flexibility index (Phi) is 6.19. The molecule has 6 heteroatoms. The smallest absolute Gasteiger partial charge is 0.319 e. The summed E-state index contributed by atoms with van der Waals surface area (Å²) in [6.45, 7) is 3.71. The molecule has 2 N–H and O–H groups in total. The summed E-state index contributed by atoms with van der Waals surface area (Å²) in [5.41, 5.74) is -0.802. The highest BCUT2D eigenvalue weighted by Crippen LogP contribution is 2.28. The van der Waals surface area contributed by atoms with Crippen LogP contribution in [0.15, 0.2) is 48.5 Å². The lowest BCUT2D eigenvalue weighted by Gasteiger charge is -2.35. The number of anilines is 1. The monoisotopic (exact) mass is 353 g/mol. The Morgan fingerprint density at radius 3 is 2.38 bits per heavy atom. The number of aliphatic carboxylic acids is 1. The highest BCUT2D eigenvalue weighted by Gasteiger charge is 2.38. The number of ketones is 1. The van der Waals surface area contributed by atoms with Crippen LogP contribution in [0.3, 0.4) is 0 Å². The van der Waals surface area contributed by atoms with E-state index in [9.17, 15) is 19.1 Å². The van der Waals surface area contributed by atoms with Gasteiger partial charge >= 0.3 is 5.97 Å². The van der Waals surface area contributed by atoms with Crippen LogP contribution < -0.4 is 5.32 Å². The third kappa shape index (κ3) is 4.13. The summed E-state index contributed by atoms with van der Waals surface area (Å²) >= 11 is 0. The van der Waals surface area contributed by atoms with Gasteiger partial charge in [0.2, 0.25) is 0 Å². The number of para-hydroxylation sites is 1. The van der Waals surface area contributed by atoms with Crippen molar-refractivity contribution in [3.05, 3.63) is 65.5 Å². The Labute approximate surface area is 153 Å². The van der Waals surface area contributed by atoms with Crippen LogP contribution in [0.5, 0.6) is 0 Å². The van der Waals surface area contributed by atoms with Crippen molar-refractivity contribution in [2.45, 2.75) is 32.1 Å². The van der Waals surface area contributed by atoms with Crippen LogP contribution in [0, 0.1) is 11.7 Å². The second-order valence-electron chi connectivity index (χ2n) is 6.37. The molecule has 0 amide bonds. The van der Waals surface area contributed by atoms with E-state index in [1.807, 2.05) is 6.92 Å². The molecule has 0 saturated heterocycles. The SMILES string of the molecule is [B]C(Nc1ccccc1C(=O)c1ccc(F)cc1)(C(=O)O)C(C)CCC. The van der Waals surface area contributed by atoms with E-state index in [1.54, 1.807) is 31.2 Å². The van der Waals surface area contributed by atoms with E-state index >= 15 is 0 Å². The molecule has 2 aromatic carbocycles. The molecular weight excluding hydrogens is 332 g/mol. The zero-order chi connectivity index (χ0) is 19.3. The van der Waals surface area contributed by atoms with Gasteiger partial charge in [-0.2, -0.15) is 0 Å². The molecule has 2 radical (unpaired) electrons. The molecule has 0 aliphatic carbocycles. The summed E-state index contributed by atoms with van der Waals surface area (Å²) in [6, 6.07) is 11.8. The van der Waals surface area contributed by atoms with Gasteiger partial charge in [0.05, 0.1) is 5.44 Å². The summed E-state index contributed by atoms with van der Waals surface area (Å²) in [5.74, 6) is -2.33. The first kappa shape index (κ1) is 19.7. The van der Waals surface area contributed by atoms with Crippen molar-refractivity contribution >= 4 is 25.3 Å². The van der Waals surface area contributed by atoms with E-state index in [2.05, 4.69) is 5.32 Å². The molecule has 0 bridgehead atoms. The zero-order valence-electron chi connectivity index (χ0n) is 14.8. The van der Waals surface area contributed by atoms with Gasteiger partial charge in [-0.25, -0.2) is 4.39 Å². The van der Waals surface area contributed by atoms with Crippen LogP contribution >= 0.6 is 0 Å². The predicted octanol–water partition coefficient (Wildman–Crippen LogP) is 3.85. The van der Waals surface area contributed by atoms with Crippen molar-refractivity contribution in [1.82, 2.24) is 0 Å². The Balaban J connectivity index is 2.40. The van der Waals surface area contributed by atoms with Crippen molar-refractivity contribution in [1.29, 1.82) is 0 Å². The van der Waals surface area contributed by atoms with Crippen molar-refractivity contribution in [3.63, 3.8) is 0 Å². The van der Waals surface area contributed by atoms with E-state index in [-0.39, 0.29) is 17.3 Å². The van der Waals surface area contributed by atoms with Gasteiger partial charge in [-0.3, -0.25) is 9.59 Å². The number of carboxylic acid groups (broad SMARTS) is 1. The number of hydrogen-bond acceptors (Lipinski definition) is 3. The molecule has 0 spiro atoms. The van der Waals surface area contributed by atoms with Crippen LogP contribution in [0.25, 0.3) is 0 Å². The summed E-state index contributed by atoms with van der Waals surface area (Å²) in [7, 11) is 6.16. The molecule has 0 fully saturated rings. The number of rotatable bonds is 8. The quantitative estimate of drug-likeness (QED) is 0.559. The van der Waals surface area contributed by atoms with Crippen LogP contribution in [-0.4, -0.2) is 30.1 Å². The van der Waals surface area contributed by atoms with E-state index < -0.39 is 17.2 Å². The second kappa shape index (κ2) is 8.17. The number of carboxylic acids is 1. The summed E-state index contributed by atoms with van der Waals surface area (Å²) in [6.07, 6.45) is 1.40. The molecule has 4 nitrogen and oxygen atoms in total. The molecule has 2 atom stereocenters. The molecule has 2 aromatic rings. The lowest BCUT2D eigenvalue weighted by molar-refractivity contribution is -0.140. The van der Waals surface area contributed by atoms with Gasteiger partial charge in [0.15, 0.2) is 5.78 Å². The molecule has 134 valence electrons. The number of benzene rings is 2. The maximum Gasteiger partial charge on any atom is 0.319 e. The normalized spacial score (nSPS) is 14.3. The van der Waals surface area contributed by atoms with E-state index in [1.165, 1.54) is 24.3 Å². The molecule has 0 aliphatic heterocycles. The fraction of sp³-hybridized carbons (Fsp3) is 0.300. The zero-order valence-corrected chi connectivity index (χ0v) is 14.8. The van der Waals surface area contributed by atoms with Crippen LogP contribution in [0.2, 0.25) is 0 Å². The molecule has 2 rings (SSSR count). The first-order valence-electron chi connectivity index (χ1n) is 8.49. The van der Waals surface area contributed by atoms with E-state index in [0.29, 0.717) is 17.7 Å². The third-order valence-electron chi connectivity index (χ3n) is 4.47. The number of carbonyl (C=O) groups is 2. The molecule has 0 saturated carbocycles. The van der Waals surface area contributed by atoms with E-state index in [0.717, 1.165) is 6.42 Å². The predicted molar refractivity (Wildman–Crippen MR) is 100 cm³/mol. The average Bonchev–Trinajstić information content (AvgIpc) is 2.62. The van der Waals surface area contributed by atoms with Gasteiger partial charge in [0, 0.05) is 16.8 Å². The van der Waals surface area contributed by atoms with Crippen LogP contribution in [0.4, 0.5) is 10.1 Å². The fourth-order valence-electron chi connectivity index (χ4n) is 2.82. The Morgan fingerprint density at radius 2 is 1.81 bits per heavy atom. The van der Waals surface area contributed by atoms with Gasteiger partial charge in [-0.05, 0) is 48.7 Å². The first-order chi connectivity index (χ1) is 12.3. The topological polar surface area (TPSA) is 66.4 Å². The number of carbonyl (C=O) groups excluding carboxylic acids is 1. The van der Waals surface area contributed by atoms with Gasteiger partial charge in [0.25, 0.3) is 0 Å². The summed E-state index contributed by atoms with van der Waals surface area (Å²) in [5, 5.41) is 12.5. The minimum Gasteiger partial charge on any atom is -0.480 e. The summed E-state index contributed by atoms with van der Waals surface area (Å²) < 4.78 is 13.1. The van der Waals surface area contributed by atoms with Crippen LogP contribution in [-0.2, 0) is 4.79 Å². The van der Waals surface area contributed by atoms with Crippen molar-refractivity contribution < 1.29 is 19.1 Å². The largest absolute Gasteiger partial charge is 0.480 e. The van der Waals surface area contributed by atoms with Gasteiger partial charge in [-0.15, -0.1) is 0 Å². The lowest BCUT2D eigenvalue weighted by Crippen LogP contribution is -2.52. The average molecular weight is 353 g/mol. The Bertz CT molecular complexity index is 794. The van der Waals surface area contributed by atoms with Gasteiger partial charge in [0.1, 0.15) is 13.7 Å². The Hall–Kier alpha value is -2.63. The standard InChI is InChI=1S/C20H21BFNO3/c1-3-6-13(2)20(21,19(25)26)23-17-8-5-4-7-16(17)18(24)14-9-11-15(22)12-10-14/h4-5,7-13,23H,3,6H2,1-2H3,(H,25,26). The van der Waals surface area contributed by atoms with Crippen molar-refractivity contribution in [2.75, 3.05) is 5.32 Å². The van der Waals surface area contributed by atoms with Gasteiger partial charge in [-0.1, -0.05) is 32.4 Å². The third-order valence-corrected chi connectivity index (χ3v) is 4.47. The maximum atomic E-state index is 13.1. The van der Waals surface area contributed by atoms with Crippen LogP contribution in [0.1, 0.15) is 42.6 Å². The molecular formula is C20H21BFNO3. The minimum absolute atomic E-state index is 0.277. The summed E-state index contributed by atoms with van der Waals surface area (Å²) in [4.78, 5) is 24.6. The van der Waals surface area contributed by atoms with Crippen molar-refractivity contribution in [3.8, 4) is 0 Å². The number of halogens is 1. The molecule has 0 heterocycles. The molecule has 0 aromatic heterocycles.